The smallest absolute Gasteiger partial charge is 0.292 e. The molecule has 0 radical (unpaired) electrons. The molecular formula is C11H10N4O. The summed E-state index contributed by atoms with van der Waals surface area (Å²) in [5.41, 5.74) is 7.33. The average Bonchev–Trinajstić information content (AvgIpc) is 2.84. The van der Waals surface area contributed by atoms with E-state index in [1.165, 1.54) is 0 Å². The zero-order valence-electron chi connectivity index (χ0n) is 8.71. The second-order valence-corrected chi connectivity index (χ2v) is 3.59. The van der Waals surface area contributed by atoms with Crippen molar-refractivity contribution in [3.63, 3.8) is 0 Å². The van der Waals surface area contributed by atoms with Gasteiger partial charge in [-0.2, -0.15) is 0 Å². The van der Waals surface area contributed by atoms with Crippen LogP contribution < -0.4 is 5.73 Å². The van der Waals surface area contributed by atoms with Gasteiger partial charge >= 0.3 is 0 Å². The largest absolute Gasteiger partial charge is 0.424 e. The highest BCUT2D eigenvalue weighted by atomic mass is 16.4. The Balaban J connectivity index is 2.32. The molecule has 0 saturated carbocycles. The monoisotopic (exact) mass is 214 g/mol. The Morgan fingerprint density at radius 2 is 2.25 bits per heavy atom. The Morgan fingerprint density at radius 1 is 1.38 bits per heavy atom. The van der Waals surface area contributed by atoms with Gasteiger partial charge in [0.05, 0.1) is 6.20 Å². The van der Waals surface area contributed by atoms with Crippen molar-refractivity contribution in [2.45, 2.75) is 0 Å². The fourth-order valence-electron chi connectivity index (χ4n) is 1.82. The fraction of sp³-hybridized carbons (Fsp3) is 0.0909. The lowest BCUT2D eigenvalue weighted by Crippen LogP contribution is -1.85. The maximum Gasteiger partial charge on any atom is 0.292 e. The summed E-state index contributed by atoms with van der Waals surface area (Å²) in [4.78, 5) is 8.19. The number of aryl methyl sites for hydroxylation is 1. The van der Waals surface area contributed by atoms with E-state index in [1.807, 2.05) is 29.9 Å². The van der Waals surface area contributed by atoms with Crippen molar-refractivity contribution in [2.24, 2.45) is 7.05 Å². The quantitative estimate of drug-likeness (QED) is 0.670. The van der Waals surface area contributed by atoms with Gasteiger partial charge in [0, 0.05) is 30.4 Å². The molecule has 0 aromatic carbocycles. The molecule has 0 aliphatic carbocycles. The van der Waals surface area contributed by atoms with E-state index in [0.29, 0.717) is 5.76 Å². The zero-order valence-corrected chi connectivity index (χ0v) is 8.71. The van der Waals surface area contributed by atoms with Crippen molar-refractivity contribution >= 4 is 17.0 Å². The summed E-state index contributed by atoms with van der Waals surface area (Å²) in [6.07, 6.45) is 5.34. The standard InChI is InChI=1S/C11H10N4O/c1-15-6-8(9-5-14-11(12)16-9)7-3-2-4-13-10(7)15/h2-6H,1H3,(H2,12,14). The summed E-state index contributed by atoms with van der Waals surface area (Å²) in [6.45, 7) is 0. The third-order valence-corrected chi connectivity index (χ3v) is 2.52. The number of pyridine rings is 1. The summed E-state index contributed by atoms with van der Waals surface area (Å²) >= 11 is 0. The summed E-state index contributed by atoms with van der Waals surface area (Å²) in [5.74, 6) is 0.663. The zero-order chi connectivity index (χ0) is 11.1. The molecule has 0 amide bonds. The molecular weight excluding hydrogens is 204 g/mol. The Labute approximate surface area is 91.5 Å². The first-order valence-electron chi connectivity index (χ1n) is 4.87. The number of nitrogen functional groups attached to an aromatic ring is 1. The van der Waals surface area contributed by atoms with Crippen LogP contribution in [0, 0.1) is 0 Å². The summed E-state index contributed by atoms with van der Waals surface area (Å²) in [5, 5.41) is 1.03. The molecule has 3 rings (SSSR count). The number of rotatable bonds is 1. The van der Waals surface area contributed by atoms with Crippen LogP contribution in [0.4, 0.5) is 6.01 Å². The highest BCUT2D eigenvalue weighted by molar-refractivity contribution is 5.92. The van der Waals surface area contributed by atoms with E-state index >= 15 is 0 Å². The van der Waals surface area contributed by atoms with Crippen LogP contribution in [0.25, 0.3) is 22.4 Å². The van der Waals surface area contributed by atoms with Crippen molar-refractivity contribution < 1.29 is 4.42 Å². The van der Waals surface area contributed by atoms with Gasteiger partial charge in [0.15, 0.2) is 5.76 Å². The number of aromatic nitrogens is 3. The molecule has 3 aromatic heterocycles. The fourth-order valence-corrected chi connectivity index (χ4v) is 1.82. The minimum atomic E-state index is 0.177. The van der Waals surface area contributed by atoms with E-state index in [1.54, 1.807) is 12.4 Å². The van der Waals surface area contributed by atoms with Crippen molar-refractivity contribution in [3.8, 4) is 11.3 Å². The van der Waals surface area contributed by atoms with E-state index in [2.05, 4.69) is 9.97 Å². The van der Waals surface area contributed by atoms with Gasteiger partial charge in [-0.05, 0) is 12.1 Å². The van der Waals surface area contributed by atoms with E-state index < -0.39 is 0 Å². The normalized spacial score (nSPS) is 11.1. The van der Waals surface area contributed by atoms with Crippen LogP contribution >= 0.6 is 0 Å². The van der Waals surface area contributed by atoms with Crippen molar-refractivity contribution in [1.82, 2.24) is 14.5 Å². The second kappa shape index (κ2) is 3.10. The maximum atomic E-state index is 5.47. The number of hydrogen-bond donors (Lipinski definition) is 1. The van der Waals surface area contributed by atoms with Gasteiger partial charge in [-0.1, -0.05) is 0 Å². The molecule has 80 valence electrons. The minimum Gasteiger partial charge on any atom is -0.424 e. The van der Waals surface area contributed by atoms with Gasteiger partial charge in [0.1, 0.15) is 5.65 Å². The number of nitrogens with two attached hydrogens (primary N) is 1. The summed E-state index contributed by atoms with van der Waals surface area (Å²) in [7, 11) is 1.94. The maximum absolute atomic E-state index is 5.47. The first kappa shape index (κ1) is 8.96. The van der Waals surface area contributed by atoms with Crippen LogP contribution in [0.3, 0.4) is 0 Å². The van der Waals surface area contributed by atoms with E-state index in [0.717, 1.165) is 16.6 Å². The highest BCUT2D eigenvalue weighted by Gasteiger charge is 2.12. The molecule has 5 nitrogen and oxygen atoms in total. The van der Waals surface area contributed by atoms with Crippen LogP contribution in [0.1, 0.15) is 0 Å². The Kier molecular flexibility index (Phi) is 1.73. The van der Waals surface area contributed by atoms with Crippen LogP contribution in [0.5, 0.6) is 0 Å². The van der Waals surface area contributed by atoms with Crippen molar-refractivity contribution in [3.05, 3.63) is 30.7 Å². The van der Waals surface area contributed by atoms with Gasteiger partial charge in [-0.3, -0.25) is 0 Å². The van der Waals surface area contributed by atoms with E-state index in [-0.39, 0.29) is 6.01 Å². The molecule has 0 aliphatic rings. The molecule has 3 aromatic rings. The predicted octanol–water partition coefficient (Wildman–Crippen LogP) is 1.81. The van der Waals surface area contributed by atoms with Gasteiger partial charge in [-0.25, -0.2) is 9.97 Å². The van der Waals surface area contributed by atoms with Gasteiger partial charge in [0.25, 0.3) is 6.01 Å². The lowest BCUT2D eigenvalue weighted by Gasteiger charge is -1.92. The molecule has 0 unspecified atom stereocenters. The molecule has 0 fully saturated rings. The lowest BCUT2D eigenvalue weighted by atomic mass is 10.2. The molecule has 2 N–H and O–H groups in total. The van der Waals surface area contributed by atoms with E-state index in [9.17, 15) is 0 Å². The molecule has 3 heterocycles. The van der Waals surface area contributed by atoms with Crippen LogP contribution in [0.15, 0.2) is 35.1 Å². The molecule has 0 aliphatic heterocycles. The number of anilines is 1. The van der Waals surface area contributed by atoms with Crippen LogP contribution in [-0.4, -0.2) is 14.5 Å². The van der Waals surface area contributed by atoms with Crippen molar-refractivity contribution in [2.75, 3.05) is 5.73 Å². The van der Waals surface area contributed by atoms with Crippen molar-refractivity contribution in [1.29, 1.82) is 0 Å². The number of oxazole rings is 1. The average molecular weight is 214 g/mol. The second-order valence-electron chi connectivity index (χ2n) is 3.59. The van der Waals surface area contributed by atoms with Gasteiger partial charge in [-0.15, -0.1) is 0 Å². The summed E-state index contributed by atoms with van der Waals surface area (Å²) < 4.78 is 7.26. The highest BCUT2D eigenvalue weighted by Crippen LogP contribution is 2.29. The van der Waals surface area contributed by atoms with Crippen LogP contribution in [-0.2, 0) is 7.05 Å². The number of nitrogens with zero attached hydrogens (tertiary/aromatic N) is 3. The Bertz CT molecular complexity index is 653. The summed E-state index contributed by atoms with van der Waals surface area (Å²) in [6, 6.07) is 4.07. The number of hydrogen-bond acceptors (Lipinski definition) is 4. The number of fused-ring (bicyclic) bond motifs is 1. The topological polar surface area (TPSA) is 69.9 Å². The SMILES string of the molecule is Cn1cc(-c2cnc(N)o2)c2cccnc21. The lowest BCUT2D eigenvalue weighted by molar-refractivity contribution is 0.595. The predicted molar refractivity (Wildman–Crippen MR) is 60.6 cm³/mol. The first-order chi connectivity index (χ1) is 7.75. The van der Waals surface area contributed by atoms with Crippen LogP contribution in [0.2, 0.25) is 0 Å². The van der Waals surface area contributed by atoms with Gasteiger partial charge < -0.3 is 14.7 Å². The Morgan fingerprint density at radius 3 is 3.00 bits per heavy atom. The first-order valence-corrected chi connectivity index (χ1v) is 4.87. The molecule has 0 atom stereocenters. The minimum absolute atomic E-state index is 0.177. The van der Waals surface area contributed by atoms with Gasteiger partial charge in [0.2, 0.25) is 0 Å². The third kappa shape index (κ3) is 1.18. The molecule has 0 spiro atoms. The third-order valence-electron chi connectivity index (χ3n) is 2.52. The Hall–Kier alpha value is -2.30. The molecule has 0 bridgehead atoms. The van der Waals surface area contributed by atoms with E-state index in [4.69, 9.17) is 10.2 Å². The molecule has 5 heteroatoms. The molecule has 16 heavy (non-hydrogen) atoms. The molecule has 0 saturated heterocycles.